The molecule has 0 saturated carbocycles. The van der Waals surface area contributed by atoms with Crippen molar-refractivity contribution in [3.8, 4) is 0 Å². The van der Waals surface area contributed by atoms with E-state index in [0.29, 0.717) is 0 Å². The lowest BCUT2D eigenvalue weighted by molar-refractivity contribution is 1.34. The van der Waals surface area contributed by atoms with E-state index in [0.717, 1.165) is 85.2 Å². The van der Waals surface area contributed by atoms with Crippen LogP contribution in [0.1, 0.15) is 27.8 Å². The molecule has 11 aromatic carbocycles. The molecule has 11 aromatic rings. The Bertz CT molecular complexity index is 4540. The van der Waals surface area contributed by atoms with Gasteiger partial charge < -0.3 is 0 Å². The molecule has 2 aliphatic rings. The monoisotopic (exact) mass is 854 g/mol. The van der Waals surface area contributed by atoms with Crippen molar-refractivity contribution in [2.24, 2.45) is 0 Å². The minimum Gasteiger partial charge on any atom is -0.172 e. The topological polar surface area (TPSA) is 0 Å². The van der Waals surface area contributed by atoms with Gasteiger partial charge in [0.1, 0.15) is 5.57 Å². The first kappa shape index (κ1) is 39.0. The molecule has 0 bridgehead atoms. The van der Waals surface area contributed by atoms with Crippen LogP contribution in [0.2, 0.25) is 0 Å². The van der Waals surface area contributed by atoms with Gasteiger partial charge in [-0.15, -0.1) is 16.5 Å². The van der Waals surface area contributed by atoms with Crippen LogP contribution in [0.25, 0.3) is 106 Å². The first-order valence-corrected chi connectivity index (χ1v) is 23.1. The summed E-state index contributed by atoms with van der Waals surface area (Å²) in [7, 11) is 0. The van der Waals surface area contributed by atoms with Crippen molar-refractivity contribution in [2.45, 2.75) is 0 Å². The molecule has 68 heavy (non-hydrogen) atoms. The summed E-state index contributed by atoms with van der Waals surface area (Å²) in [6.07, 6.45) is 10.9. The van der Waals surface area contributed by atoms with E-state index in [-0.39, 0.29) is 0 Å². The predicted molar refractivity (Wildman–Crippen MR) is 286 cm³/mol. The average molecular weight is 855 g/mol. The van der Waals surface area contributed by atoms with Gasteiger partial charge in [-0.05, 0) is 120 Å². The second-order valence-corrected chi connectivity index (χ2v) is 17.4. The summed E-state index contributed by atoms with van der Waals surface area (Å²) >= 11 is 0. The van der Waals surface area contributed by atoms with Gasteiger partial charge in [-0.2, -0.15) is 24.6 Å². The van der Waals surface area contributed by atoms with Crippen LogP contribution in [0, 0.1) is 12.8 Å². The maximum atomic E-state index is 3.99. The van der Waals surface area contributed by atoms with Gasteiger partial charge in [0.15, 0.2) is 0 Å². The van der Waals surface area contributed by atoms with Crippen LogP contribution in [0.15, 0.2) is 206 Å². The molecule has 0 amide bonds. The standard InChI is InChI=1S/C68H38/c1-5-21-51-47(17-1)41-48-18-2-6-22-52(48)65(51)43-67-59-29-13-9-25-55(59)63(56-26-10-14-30-60(56)67)39-37-45-33-35-46(36-34-45)38-40-64-57-27-11-15-31-61(57)68(62-32-16-12-28-58(62)64)44-66-53-23-7-3-19-49(53)42-50-20-4-8-24-54(50)66/h1-36,41-42H. The Morgan fingerprint density at radius 3 is 1.26 bits per heavy atom. The lowest BCUT2D eigenvalue weighted by atomic mass is 9.82. The smallest absolute Gasteiger partial charge is 0.100 e. The van der Waals surface area contributed by atoms with E-state index < -0.39 is 0 Å². The van der Waals surface area contributed by atoms with Crippen LogP contribution in [0.4, 0.5) is 0 Å². The van der Waals surface area contributed by atoms with Crippen LogP contribution < -0.4 is 41.7 Å². The molecule has 0 saturated heterocycles. The van der Waals surface area contributed by atoms with Crippen molar-refractivity contribution >= 4 is 106 Å². The minimum absolute atomic E-state index is 0.931. The van der Waals surface area contributed by atoms with Gasteiger partial charge in [-0.25, -0.2) is 0 Å². The highest BCUT2D eigenvalue weighted by atomic mass is 14.2. The first-order chi connectivity index (χ1) is 33.7. The zero-order valence-electron chi connectivity index (χ0n) is 36.9. The van der Waals surface area contributed by atoms with Crippen molar-refractivity contribution in [3.05, 3.63) is 289 Å². The SMILES string of the molecule is C(=C=c1c2ccccc2c(=C=C2c3ccccc3[CH+]c3ccccc32)c2ccccc12)=c1ccc(=C=C=c2c3ccccc3c(=C=c3c4c(cc5ccccc35)C=C[CH-]C=4)c3ccccc23)cc1. The van der Waals surface area contributed by atoms with E-state index >= 15 is 0 Å². The van der Waals surface area contributed by atoms with E-state index in [1.165, 1.54) is 43.8 Å². The molecule has 0 fully saturated rings. The fourth-order valence-electron chi connectivity index (χ4n) is 10.2. The van der Waals surface area contributed by atoms with Crippen LogP contribution in [-0.2, 0) is 0 Å². The average Bonchev–Trinajstić information content (AvgIpc) is 3.40. The Labute approximate surface area is 392 Å². The summed E-state index contributed by atoms with van der Waals surface area (Å²) in [4.78, 5) is 0. The zero-order chi connectivity index (χ0) is 45.0. The fourth-order valence-corrected chi connectivity index (χ4v) is 10.2. The molecule has 0 heteroatoms. The number of benzene rings is 11. The Kier molecular flexibility index (Phi) is 9.33. The lowest BCUT2D eigenvalue weighted by Gasteiger charge is -2.14. The molecule has 310 valence electrons. The fraction of sp³-hybridized carbons (Fsp3) is 0. The van der Waals surface area contributed by atoms with Crippen LogP contribution in [0.3, 0.4) is 0 Å². The molecule has 0 heterocycles. The Morgan fingerprint density at radius 1 is 0.353 bits per heavy atom. The predicted octanol–water partition coefficient (Wildman–Crippen LogP) is 9.67. The molecule has 0 radical (unpaired) electrons. The number of hydrogen-bond acceptors (Lipinski definition) is 0. The molecule has 0 spiro atoms. The van der Waals surface area contributed by atoms with Gasteiger partial charge in [-0.3, -0.25) is 0 Å². The summed E-state index contributed by atoms with van der Waals surface area (Å²) in [5.74, 6) is 0. The highest BCUT2D eigenvalue weighted by Gasteiger charge is 2.26. The van der Waals surface area contributed by atoms with Crippen molar-refractivity contribution < 1.29 is 0 Å². The molecule has 0 unspecified atom stereocenters. The van der Waals surface area contributed by atoms with Crippen LogP contribution in [-0.4, -0.2) is 0 Å². The van der Waals surface area contributed by atoms with E-state index in [1.807, 2.05) is 0 Å². The van der Waals surface area contributed by atoms with Gasteiger partial charge in [0.25, 0.3) is 0 Å². The molecule has 0 atom stereocenters. The van der Waals surface area contributed by atoms with Crippen molar-refractivity contribution in [3.63, 3.8) is 0 Å². The van der Waals surface area contributed by atoms with Gasteiger partial charge in [0.2, 0.25) is 0 Å². The molecular weight excluding hydrogens is 817 g/mol. The molecular formula is C68H38. The highest BCUT2D eigenvalue weighted by molar-refractivity contribution is 6.04. The van der Waals surface area contributed by atoms with Gasteiger partial charge in [-0.1, -0.05) is 156 Å². The van der Waals surface area contributed by atoms with E-state index in [2.05, 4.69) is 266 Å². The van der Waals surface area contributed by atoms with Gasteiger partial charge in [0.05, 0.1) is 22.3 Å². The molecule has 13 rings (SSSR count). The van der Waals surface area contributed by atoms with E-state index in [9.17, 15) is 0 Å². The van der Waals surface area contributed by atoms with Crippen LogP contribution >= 0.6 is 0 Å². The Balaban J connectivity index is 1.05. The number of allylic oxidation sites excluding steroid dienone is 1. The minimum atomic E-state index is 0.931. The zero-order valence-corrected chi connectivity index (χ0v) is 36.9. The summed E-state index contributed by atoms with van der Waals surface area (Å²) in [5, 5.41) is 19.7. The lowest BCUT2D eigenvalue weighted by Crippen LogP contribution is -2.30. The molecule has 2 aliphatic carbocycles. The second-order valence-electron chi connectivity index (χ2n) is 17.4. The molecule has 0 aromatic heterocycles. The second kappa shape index (κ2) is 16.2. The van der Waals surface area contributed by atoms with Gasteiger partial charge in [0, 0.05) is 49.9 Å². The van der Waals surface area contributed by atoms with Crippen molar-refractivity contribution in [1.82, 2.24) is 0 Å². The summed E-state index contributed by atoms with van der Waals surface area (Å²) in [5.41, 5.74) is 29.4. The molecule has 0 aliphatic heterocycles. The summed E-state index contributed by atoms with van der Waals surface area (Å²) in [6, 6.07) is 71.0. The Morgan fingerprint density at radius 2 is 0.765 bits per heavy atom. The van der Waals surface area contributed by atoms with Crippen molar-refractivity contribution in [1.29, 1.82) is 0 Å². The van der Waals surface area contributed by atoms with Crippen LogP contribution in [0.5, 0.6) is 0 Å². The normalized spacial score (nSPS) is 12.0. The number of rotatable bonds is 0. The van der Waals surface area contributed by atoms with E-state index in [4.69, 9.17) is 0 Å². The first-order valence-electron chi connectivity index (χ1n) is 23.1. The molecule has 0 N–H and O–H groups in total. The van der Waals surface area contributed by atoms with E-state index in [1.54, 1.807) is 0 Å². The third kappa shape index (κ3) is 6.62. The number of fused-ring (bicyclic) bond motifs is 8. The maximum Gasteiger partial charge on any atom is 0.100 e. The maximum absolute atomic E-state index is 3.99. The summed E-state index contributed by atoms with van der Waals surface area (Å²) in [6.45, 7) is 0. The number of hydrogen-bond donors (Lipinski definition) is 0. The third-order valence-electron chi connectivity index (χ3n) is 13.5. The third-order valence-corrected chi connectivity index (χ3v) is 13.5. The Hall–Kier alpha value is -9.38. The van der Waals surface area contributed by atoms with Crippen molar-refractivity contribution in [2.75, 3.05) is 0 Å². The summed E-state index contributed by atoms with van der Waals surface area (Å²) < 4.78 is 0. The largest absolute Gasteiger partial charge is 0.172 e. The van der Waals surface area contributed by atoms with Gasteiger partial charge >= 0.3 is 0 Å². The molecule has 0 nitrogen and oxygen atoms in total. The quantitative estimate of drug-likeness (QED) is 0.105. The highest BCUT2D eigenvalue weighted by Crippen LogP contribution is 2.36.